The van der Waals surface area contributed by atoms with Crippen molar-refractivity contribution in [3.05, 3.63) is 35.6 Å². The molecule has 0 N–H and O–H groups in total. The van der Waals surface area contributed by atoms with Crippen LogP contribution in [0.2, 0.25) is 0 Å². The summed E-state index contributed by atoms with van der Waals surface area (Å²) in [5.41, 5.74) is 0.477. The molecule has 116 valence electrons. The van der Waals surface area contributed by atoms with Crippen molar-refractivity contribution >= 4 is 5.91 Å². The normalized spacial score (nSPS) is 19.3. The van der Waals surface area contributed by atoms with Gasteiger partial charge in [0.2, 0.25) is 5.91 Å². The first kappa shape index (κ1) is 16.0. The molecular weight excluding hydrogens is 269 g/mol. The van der Waals surface area contributed by atoms with E-state index >= 15 is 0 Å². The number of rotatable bonds is 5. The minimum absolute atomic E-state index is 0.0104. The molecule has 1 amide bonds. The number of hydrogen-bond acceptors (Lipinski definition) is 2. The third-order valence-electron chi connectivity index (χ3n) is 3.89. The zero-order valence-corrected chi connectivity index (χ0v) is 12.7. The van der Waals surface area contributed by atoms with Gasteiger partial charge in [-0.25, -0.2) is 4.39 Å². The maximum absolute atomic E-state index is 13.6. The standard InChI is InChI=1S/C17H24FNO2/c1-2-12-21-15-7-5-10-19(11-9-15)17(20)13-14-6-3-4-8-16(14)18/h3-4,6,8,15H,2,5,7,9-13H2,1H3. The third-order valence-corrected chi connectivity index (χ3v) is 3.89. The van der Waals surface area contributed by atoms with Crippen molar-refractivity contribution in [3.8, 4) is 0 Å². The van der Waals surface area contributed by atoms with Gasteiger partial charge in [0.05, 0.1) is 12.5 Å². The molecule has 2 rings (SSSR count). The average Bonchev–Trinajstić information content (AvgIpc) is 2.73. The summed E-state index contributed by atoms with van der Waals surface area (Å²) >= 11 is 0. The Morgan fingerprint density at radius 1 is 1.33 bits per heavy atom. The molecule has 0 aromatic heterocycles. The predicted molar refractivity (Wildman–Crippen MR) is 80.6 cm³/mol. The first-order chi connectivity index (χ1) is 10.2. The zero-order chi connectivity index (χ0) is 15.1. The first-order valence-electron chi connectivity index (χ1n) is 7.83. The molecule has 1 aromatic rings. The first-order valence-corrected chi connectivity index (χ1v) is 7.83. The lowest BCUT2D eigenvalue weighted by molar-refractivity contribution is -0.130. The number of benzene rings is 1. The van der Waals surface area contributed by atoms with Crippen LogP contribution in [0, 0.1) is 5.82 Å². The maximum atomic E-state index is 13.6. The van der Waals surface area contributed by atoms with Crippen LogP contribution >= 0.6 is 0 Å². The molecule has 1 aliphatic heterocycles. The van der Waals surface area contributed by atoms with Crippen molar-refractivity contribution in [1.82, 2.24) is 4.90 Å². The number of halogens is 1. The van der Waals surface area contributed by atoms with Crippen molar-refractivity contribution in [1.29, 1.82) is 0 Å². The van der Waals surface area contributed by atoms with Gasteiger partial charge in [0.1, 0.15) is 5.82 Å². The van der Waals surface area contributed by atoms with Crippen molar-refractivity contribution in [2.45, 2.75) is 45.1 Å². The molecular formula is C17H24FNO2. The fourth-order valence-corrected chi connectivity index (χ4v) is 2.68. The number of nitrogens with zero attached hydrogens (tertiary/aromatic N) is 1. The van der Waals surface area contributed by atoms with Gasteiger partial charge < -0.3 is 9.64 Å². The predicted octanol–water partition coefficient (Wildman–Crippen LogP) is 3.18. The summed E-state index contributed by atoms with van der Waals surface area (Å²) < 4.78 is 19.4. The van der Waals surface area contributed by atoms with Gasteiger partial charge in [-0.05, 0) is 37.3 Å². The second-order valence-corrected chi connectivity index (χ2v) is 5.57. The summed E-state index contributed by atoms with van der Waals surface area (Å²) in [6.07, 6.45) is 4.26. The molecule has 0 aliphatic carbocycles. The van der Waals surface area contributed by atoms with Crippen LogP contribution in [0.25, 0.3) is 0 Å². The minimum atomic E-state index is -0.301. The highest BCUT2D eigenvalue weighted by atomic mass is 19.1. The van der Waals surface area contributed by atoms with Gasteiger partial charge in [-0.2, -0.15) is 0 Å². The van der Waals surface area contributed by atoms with E-state index in [9.17, 15) is 9.18 Å². The molecule has 4 heteroatoms. The van der Waals surface area contributed by atoms with Crippen LogP contribution < -0.4 is 0 Å². The summed E-state index contributed by atoms with van der Waals surface area (Å²) in [6, 6.07) is 6.49. The van der Waals surface area contributed by atoms with Gasteiger partial charge in [0.25, 0.3) is 0 Å². The second-order valence-electron chi connectivity index (χ2n) is 5.57. The highest BCUT2D eigenvalue weighted by Gasteiger charge is 2.21. The van der Waals surface area contributed by atoms with Gasteiger partial charge in [0.15, 0.2) is 0 Å². The Labute approximate surface area is 126 Å². The van der Waals surface area contributed by atoms with E-state index in [0.717, 1.165) is 38.8 Å². The van der Waals surface area contributed by atoms with Gasteiger partial charge in [-0.1, -0.05) is 25.1 Å². The number of carbonyl (C=O) groups excluding carboxylic acids is 1. The summed E-state index contributed by atoms with van der Waals surface area (Å²) in [5.74, 6) is -0.291. The number of ether oxygens (including phenoxy) is 1. The molecule has 0 bridgehead atoms. The summed E-state index contributed by atoms with van der Waals surface area (Å²) in [6.45, 7) is 4.34. The van der Waals surface area contributed by atoms with Gasteiger partial charge in [-0.3, -0.25) is 4.79 Å². The quantitative estimate of drug-likeness (QED) is 0.834. The van der Waals surface area contributed by atoms with Gasteiger partial charge in [-0.15, -0.1) is 0 Å². The smallest absolute Gasteiger partial charge is 0.227 e. The Morgan fingerprint density at radius 3 is 2.90 bits per heavy atom. The second kappa shape index (κ2) is 8.13. The summed E-state index contributed by atoms with van der Waals surface area (Å²) in [7, 11) is 0. The van der Waals surface area contributed by atoms with Gasteiger partial charge >= 0.3 is 0 Å². The lowest BCUT2D eigenvalue weighted by Crippen LogP contribution is -2.33. The largest absolute Gasteiger partial charge is 0.378 e. The monoisotopic (exact) mass is 293 g/mol. The third kappa shape index (κ3) is 4.81. The fourth-order valence-electron chi connectivity index (χ4n) is 2.68. The Kier molecular flexibility index (Phi) is 6.18. The zero-order valence-electron chi connectivity index (χ0n) is 12.7. The van der Waals surface area contributed by atoms with Crippen LogP contribution in [0.3, 0.4) is 0 Å². The molecule has 0 spiro atoms. The molecule has 1 aromatic carbocycles. The Morgan fingerprint density at radius 2 is 2.14 bits per heavy atom. The van der Waals surface area contributed by atoms with E-state index in [1.807, 2.05) is 4.90 Å². The van der Waals surface area contributed by atoms with Crippen LogP contribution in [0.5, 0.6) is 0 Å². The molecule has 0 radical (unpaired) electrons. The molecule has 1 fully saturated rings. The molecule has 1 saturated heterocycles. The van der Waals surface area contributed by atoms with Crippen LogP contribution in [-0.2, 0) is 16.0 Å². The number of amides is 1. The lowest BCUT2D eigenvalue weighted by Gasteiger charge is -2.21. The fraction of sp³-hybridized carbons (Fsp3) is 0.588. The van der Waals surface area contributed by atoms with Crippen molar-refractivity contribution in [3.63, 3.8) is 0 Å². The maximum Gasteiger partial charge on any atom is 0.227 e. The van der Waals surface area contributed by atoms with E-state index in [1.54, 1.807) is 18.2 Å². The van der Waals surface area contributed by atoms with Crippen LogP contribution in [0.1, 0.15) is 38.2 Å². The van der Waals surface area contributed by atoms with E-state index in [1.165, 1.54) is 6.07 Å². The van der Waals surface area contributed by atoms with Gasteiger partial charge in [0, 0.05) is 19.7 Å². The molecule has 1 unspecified atom stereocenters. The Bertz CT molecular complexity index is 464. The highest BCUT2D eigenvalue weighted by Crippen LogP contribution is 2.16. The topological polar surface area (TPSA) is 29.5 Å². The van der Waals surface area contributed by atoms with E-state index in [0.29, 0.717) is 12.1 Å². The van der Waals surface area contributed by atoms with E-state index in [4.69, 9.17) is 4.74 Å². The van der Waals surface area contributed by atoms with Crippen LogP contribution in [0.4, 0.5) is 4.39 Å². The number of carbonyl (C=O) groups is 1. The van der Waals surface area contributed by atoms with Crippen LogP contribution in [-0.4, -0.2) is 36.6 Å². The lowest BCUT2D eigenvalue weighted by atomic mass is 10.1. The molecule has 1 atom stereocenters. The Balaban J connectivity index is 1.87. The van der Waals surface area contributed by atoms with Crippen molar-refractivity contribution in [2.24, 2.45) is 0 Å². The summed E-state index contributed by atoms with van der Waals surface area (Å²) in [5, 5.41) is 0. The molecule has 3 nitrogen and oxygen atoms in total. The molecule has 0 saturated carbocycles. The molecule has 21 heavy (non-hydrogen) atoms. The van der Waals surface area contributed by atoms with Crippen molar-refractivity contribution < 1.29 is 13.9 Å². The van der Waals surface area contributed by atoms with Crippen molar-refractivity contribution in [2.75, 3.05) is 19.7 Å². The average molecular weight is 293 g/mol. The van der Waals surface area contributed by atoms with E-state index in [-0.39, 0.29) is 24.2 Å². The Hall–Kier alpha value is -1.42. The van der Waals surface area contributed by atoms with E-state index in [2.05, 4.69) is 6.92 Å². The number of likely N-dealkylation sites (tertiary alicyclic amines) is 1. The highest BCUT2D eigenvalue weighted by molar-refractivity contribution is 5.78. The summed E-state index contributed by atoms with van der Waals surface area (Å²) in [4.78, 5) is 14.2. The van der Waals surface area contributed by atoms with E-state index < -0.39 is 0 Å². The van der Waals surface area contributed by atoms with Crippen LogP contribution in [0.15, 0.2) is 24.3 Å². The SMILES string of the molecule is CCCOC1CCCN(C(=O)Cc2ccccc2F)CC1. The molecule has 1 aliphatic rings. The molecule has 1 heterocycles. The number of hydrogen-bond donors (Lipinski definition) is 0. The minimum Gasteiger partial charge on any atom is -0.378 e.